The van der Waals surface area contributed by atoms with E-state index in [0.717, 1.165) is 64.7 Å². The maximum absolute atomic E-state index is 12.6. The Bertz CT molecular complexity index is 865. The molecule has 2 aliphatic heterocycles. The Kier molecular flexibility index (Phi) is 7.20. The van der Waals surface area contributed by atoms with Crippen LogP contribution >= 0.6 is 0 Å². The molecule has 0 spiro atoms. The average molecular weight is 420 g/mol. The topological polar surface area (TPSA) is 51.2 Å². The van der Waals surface area contributed by atoms with Crippen LogP contribution in [-0.4, -0.2) is 66.3 Å². The molecule has 6 heteroatoms. The molecule has 0 aromatic heterocycles. The Morgan fingerprint density at radius 3 is 2.19 bits per heavy atom. The molecule has 1 fully saturated rings. The molecule has 4 rings (SSSR count). The highest BCUT2D eigenvalue weighted by Crippen LogP contribution is 2.22. The van der Waals surface area contributed by atoms with Crippen LogP contribution in [0.15, 0.2) is 59.6 Å². The molecular formula is C25H33N5O. The van der Waals surface area contributed by atoms with Crippen LogP contribution < -0.4 is 5.32 Å². The summed E-state index contributed by atoms with van der Waals surface area (Å²) < 4.78 is 0. The molecule has 1 amide bonds. The summed E-state index contributed by atoms with van der Waals surface area (Å²) >= 11 is 0. The predicted molar refractivity (Wildman–Crippen MR) is 125 cm³/mol. The van der Waals surface area contributed by atoms with Crippen LogP contribution in [0.1, 0.15) is 29.5 Å². The number of amides is 1. The van der Waals surface area contributed by atoms with E-state index in [-0.39, 0.29) is 5.91 Å². The fourth-order valence-corrected chi connectivity index (χ4v) is 4.40. The maximum atomic E-state index is 12.6. The van der Waals surface area contributed by atoms with Gasteiger partial charge in [0.1, 0.15) is 0 Å². The number of piperazine rings is 1. The summed E-state index contributed by atoms with van der Waals surface area (Å²) in [5.74, 6) is 1.18. The number of rotatable bonds is 6. The Labute approximate surface area is 185 Å². The molecule has 0 saturated carbocycles. The highest BCUT2D eigenvalue weighted by Gasteiger charge is 2.23. The molecule has 1 saturated heterocycles. The van der Waals surface area contributed by atoms with Crippen molar-refractivity contribution in [2.45, 2.75) is 32.5 Å². The molecule has 0 atom stereocenters. The highest BCUT2D eigenvalue weighted by atomic mass is 16.2. The first-order valence-electron chi connectivity index (χ1n) is 11.3. The summed E-state index contributed by atoms with van der Waals surface area (Å²) in [6.45, 7) is 7.27. The zero-order chi connectivity index (χ0) is 21.5. The third kappa shape index (κ3) is 5.64. The third-order valence-corrected chi connectivity index (χ3v) is 6.18. The number of fused-ring (bicyclic) bond motifs is 1. The van der Waals surface area contributed by atoms with E-state index in [0.29, 0.717) is 6.42 Å². The number of guanidine groups is 1. The first kappa shape index (κ1) is 21.4. The summed E-state index contributed by atoms with van der Waals surface area (Å²) in [4.78, 5) is 23.8. The number of benzene rings is 2. The molecule has 0 radical (unpaired) electrons. The number of hydrogen-bond donors (Lipinski definition) is 1. The molecule has 1 N–H and O–H groups in total. The van der Waals surface area contributed by atoms with E-state index < -0.39 is 0 Å². The molecule has 2 heterocycles. The van der Waals surface area contributed by atoms with Crippen LogP contribution in [0.2, 0.25) is 0 Å². The Morgan fingerprint density at radius 1 is 0.903 bits per heavy atom. The smallest absolute Gasteiger partial charge is 0.223 e. The lowest BCUT2D eigenvalue weighted by atomic mass is 10.1. The van der Waals surface area contributed by atoms with E-state index >= 15 is 0 Å². The van der Waals surface area contributed by atoms with Crippen molar-refractivity contribution in [3.63, 3.8) is 0 Å². The number of nitrogens with one attached hydrogen (secondary N) is 1. The van der Waals surface area contributed by atoms with E-state index in [1.807, 2.05) is 24.1 Å². The van der Waals surface area contributed by atoms with Crippen molar-refractivity contribution in [1.29, 1.82) is 0 Å². The number of carbonyl (C=O) groups is 1. The highest BCUT2D eigenvalue weighted by molar-refractivity contribution is 5.80. The van der Waals surface area contributed by atoms with Crippen molar-refractivity contribution in [1.82, 2.24) is 20.0 Å². The lowest BCUT2D eigenvalue weighted by Crippen LogP contribution is -2.52. The van der Waals surface area contributed by atoms with Gasteiger partial charge >= 0.3 is 0 Å². The fourth-order valence-electron chi connectivity index (χ4n) is 4.40. The minimum atomic E-state index is 0.238. The van der Waals surface area contributed by atoms with Gasteiger partial charge in [-0.3, -0.25) is 14.7 Å². The van der Waals surface area contributed by atoms with Gasteiger partial charge in [-0.15, -0.1) is 0 Å². The third-order valence-electron chi connectivity index (χ3n) is 6.18. The van der Waals surface area contributed by atoms with Crippen LogP contribution in [-0.2, 0) is 24.4 Å². The Balaban J connectivity index is 1.15. The normalized spacial score (nSPS) is 17.0. The number of carbonyl (C=O) groups excluding carboxylic acids is 1. The van der Waals surface area contributed by atoms with Crippen molar-refractivity contribution in [2.24, 2.45) is 4.99 Å². The minimum Gasteiger partial charge on any atom is -0.356 e. The van der Waals surface area contributed by atoms with Crippen LogP contribution in [0, 0.1) is 0 Å². The van der Waals surface area contributed by atoms with Crippen molar-refractivity contribution in [2.75, 3.05) is 39.8 Å². The number of aliphatic imine (C=N–C) groups is 1. The average Bonchev–Trinajstić information content (AvgIpc) is 3.25. The summed E-state index contributed by atoms with van der Waals surface area (Å²) in [5, 5.41) is 3.45. The van der Waals surface area contributed by atoms with Crippen LogP contribution in [0.25, 0.3) is 0 Å². The van der Waals surface area contributed by atoms with E-state index in [2.05, 4.69) is 62.6 Å². The van der Waals surface area contributed by atoms with Crippen LogP contribution in [0.5, 0.6) is 0 Å². The van der Waals surface area contributed by atoms with Gasteiger partial charge in [-0.1, -0.05) is 54.6 Å². The van der Waals surface area contributed by atoms with Crippen molar-refractivity contribution >= 4 is 11.9 Å². The fraction of sp³-hybridized carbons (Fsp3) is 0.440. The Morgan fingerprint density at radius 2 is 1.55 bits per heavy atom. The second kappa shape index (κ2) is 10.4. The molecule has 2 aromatic carbocycles. The van der Waals surface area contributed by atoms with E-state index in [1.165, 1.54) is 16.7 Å². The van der Waals surface area contributed by atoms with Crippen LogP contribution in [0.4, 0.5) is 0 Å². The maximum Gasteiger partial charge on any atom is 0.223 e. The molecular weight excluding hydrogens is 386 g/mol. The van der Waals surface area contributed by atoms with Crippen molar-refractivity contribution < 1.29 is 4.79 Å². The molecule has 6 nitrogen and oxygen atoms in total. The molecule has 2 aliphatic rings. The van der Waals surface area contributed by atoms with Gasteiger partial charge in [0.2, 0.25) is 5.91 Å². The van der Waals surface area contributed by atoms with Crippen molar-refractivity contribution in [3.8, 4) is 0 Å². The van der Waals surface area contributed by atoms with E-state index in [4.69, 9.17) is 0 Å². The largest absolute Gasteiger partial charge is 0.356 e. The summed E-state index contributed by atoms with van der Waals surface area (Å²) in [7, 11) is 1.84. The number of hydrogen-bond acceptors (Lipinski definition) is 3. The molecule has 2 aromatic rings. The van der Waals surface area contributed by atoms with Gasteiger partial charge in [0.15, 0.2) is 5.96 Å². The monoisotopic (exact) mass is 419 g/mol. The second-order valence-electron chi connectivity index (χ2n) is 8.34. The lowest BCUT2D eigenvalue weighted by molar-refractivity contribution is -0.131. The predicted octanol–water partition coefficient (Wildman–Crippen LogP) is 2.70. The van der Waals surface area contributed by atoms with Crippen molar-refractivity contribution in [3.05, 3.63) is 71.3 Å². The molecule has 0 aliphatic carbocycles. The first-order valence-corrected chi connectivity index (χ1v) is 11.3. The van der Waals surface area contributed by atoms with Gasteiger partial charge < -0.3 is 15.1 Å². The zero-order valence-electron chi connectivity index (χ0n) is 18.5. The quantitative estimate of drug-likeness (QED) is 0.444. The first-order chi connectivity index (χ1) is 15.2. The standard InChI is InChI=1S/C25H33N5O/c1-26-25(29-16-14-28(15-17-29)18-21-8-3-2-4-9-21)27-13-7-12-24(31)30-19-22-10-5-6-11-23(22)20-30/h2-6,8-11H,7,12-20H2,1H3,(H,26,27). The SMILES string of the molecule is CN=C(NCCCC(=O)N1Cc2ccccc2C1)N1CCN(Cc2ccccc2)CC1. The van der Waals surface area contributed by atoms with Gasteiger partial charge in [0.25, 0.3) is 0 Å². The second-order valence-corrected chi connectivity index (χ2v) is 8.34. The van der Waals surface area contributed by atoms with Gasteiger partial charge in [-0.2, -0.15) is 0 Å². The molecule has 0 unspecified atom stereocenters. The summed E-state index contributed by atoms with van der Waals surface area (Å²) in [6.07, 6.45) is 1.39. The minimum absolute atomic E-state index is 0.238. The lowest BCUT2D eigenvalue weighted by Gasteiger charge is -2.36. The van der Waals surface area contributed by atoms with Gasteiger partial charge in [0, 0.05) is 65.8 Å². The summed E-state index contributed by atoms with van der Waals surface area (Å²) in [5.41, 5.74) is 3.92. The van der Waals surface area contributed by atoms with E-state index in [1.54, 1.807) is 0 Å². The van der Waals surface area contributed by atoms with E-state index in [9.17, 15) is 4.79 Å². The van der Waals surface area contributed by atoms with Crippen LogP contribution in [0.3, 0.4) is 0 Å². The number of nitrogens with zero attached hydrogens (tertiary/aromatic N) is 4. The Hall–Kier alpha value is -2.86. The van der Waals surface area contributed by atoms with Gasteiger partial charge in [-0.05, 0) is 23.1 Å². The molecule has 164 valence electrons. The van der Waals surface area contributed by atoms with Gasteiger partial charge in [0.05, 0.1) is 0 Å². The van der Waals surface area contributed by atoms with Gasteiger partial charge in [-0.25, -0.2) is 0 Å². The summed E-state index contributed by atoms with van der Waals surface area (Å²) in [6, 6.07) is 19.0. The molecule has 0 bridgehead atoms. The zero-order valence-corrected chi connectivity index (χ0v) is 18.5. The molecule has 31 heavy (non-hydrogen) atoms.